The molecule has 0 radical (unpaired) electrons. The molecule has 0 heterocycles. The Labute approximate surface area is 202 Å². The first-order valence-electron chi connectivity index (χ1n) is 9.97. The quantitative estimate of drug-likeness (QED) is 0.391. The molecule has 0 saturated carbocycles. The summed E-state index contributed by atoms with van der Waals surface area (Å²) in [5.41, 5.74) is 0.740. The van der Waals surface area contributed by atoms with Crippen LogP contribution in [0.1, 0.15) is 28.8 Å². The number of benzene rings is 3. The van der Waals surface area contributed by atoms with Gasteiger partial charge in [0.05, 0.1) is 28.5 Å². The zero-order chi connectivity index (χ0) is 24.0. The topological polar surface area (TPSA) is 89.5 Å². The number of methoxy groups -OCH3 is 1. The monoisotopic (exact) mass is 505 g/mol. The molecule has 3 aromatic rings. The summed E-state index contributed by atoms with van der Waals surface area (Å²) in [5, 5.41) is 3.28. The number of carbonyl (C=O) groups excluding carboxylic acids is 2. The number of carbonyl (C=O) groups is 2. The van der Waals surface area contributed by atoms with Crippen molar-refractivity contribution in [2.24, 2.45) is 0 Å². The fraction of sp³-hybridized carbons (Fsp3) is 0.167. The molecule has 0 unspecified atom stereocenters. The van der Waals surface area contributed by atoms with Crippen LogP contribution in [-0.4, -0.2) is 33.0 Å². The SMILES string of the molecule is COc1ccc(S(=O)(=O)CCCC(=O)Nc2ccc(Cl)cc2C(=O)c2ccccc2Cl)cc1. The molecule has 0 aromatic heterocycles. The van der Waals surface area contributed by atoms with Crippen LogP contribution < -0.4 is 10.1 Å². The van der Waals surface area contributed by atoms with E-state index in [4.69, 9.17) is 27.9 Å². The van der Waals surface area contributed by atoms with Gasteiger partial charge in [-0.3, -0.25) is 9.59 Å². The molecule has 33 heavy (non-hydrogen) atoms. The second-order valence-electron chi connectivity index (χ2n) is 7.15. The smallest absolute Gasteiger partial charge is 0.224 e. The Kier molecular flexibility index (Phi) is 8.13. The van der Waals surface area contributed by atoms with Crippen LogP contribution in [0.25, 0.3) is 0 Å². The van der Waals surface area contributed by atoms with Gasteiger partial charge >= 0.3 is 0 Å². The molecule has 0 aliphatic carbocycles. The molecule has 0 bridgehead atoms. The van der Waals surface area contributed by atoms with Crippen molar-refractivity contribution in [3.8, 4) is 5.75 Å². The van der Waals surface area contributed by atoms with Crippen molar-refractivity contribution in [3.63, 3.8) is 0 Å². The molecule has 0 aliphatic rings. The number of ether oxygens (including phenoxy) is 1. The Bertz CT molecular complexity index is 1270. The van der Waals surface area contributed by atoms with Crippen LogP contribution in [0.5, 0.6) is 5.75 Å². The summed E-state index contributed by atoms with van der Waals surface area (Å²) in [5.74, 6) is -0.451. The van der Waals surface area contributed by atoms with Gasteiger partial charge in [-0.05, 0) is 61.0 Å². The van der Waals surface area contributed by atoms with Crippen LogP contribution >= 0.6 is 23.2 Å². The standard InChI is InChI=1S/C24H21Cl2NO5S/c1-32-17-9-11-18(12-10-17)33(30,31)14-4-7-23(28)27-22-13-8-16(25)15-20(22)24(29)19-5-2-3-6-21(19)26/h2-3,5-6,8-13,15H,4,7,14H2,1H3,(H,27,28). The second-order valence-corrected chi connectivity index (χ2v) is 10.1. The van der Waals surface area contributed by atoms with Crippen molar-refractivity contribution in [2.45, 2.75) is 17.7 Å². The van der Waals surface area contributed by atoms with Gasteiger partial charge in [-0.25, -0.2) is 8.42 Å². The van der Waals surface area contributed by atoms with E-state index >= 15 is 0 Å². The highest BCUT2D eigenvalue weighted by Gasteiger charge is 2.19. The van der Waals surface area contributed by atoms with Gasteiger partial charge in [0.25, 0.3) is 0 Å². The lowest BCUT2D eigenvalue weighted by Crippen LogP contribution is -2.16. The molecule has 3 aromatic carbocycles. The van der Waals surface area contributed by atoms with Crippen molar-refractivity contribution in [1.29, 1.82) is 0 Å². The summed E-state index contributed by atoms with van der Waals surface area (Å²) >= 11 is 12.2. The Morgan fingerprint density at radius 2 is 1.64 bits per heavy atom. The molecular formula is C24H21Cl2NO5S. The summed E-state index contributed by atoms with van der Waals surface area (Å²) in [7, 11) is -2.05. The minimum atomic E-state index is -3.54. The normalized spacial score (nSPS) is 11.1. The summed E-state index contributed by atoms with van der Waals surface area (Å²) in [4.78, 5) is 25.6. The van der Waals surface area contributed by atoms with Gasteiger partial charge in [0.2, 0.25) is 5.91 Å². The minimum Gasteiger partial charge on any atom is -0.497 e. The number of sulfone groups is 1. The molecule has 1 N–H and O–H groups in total. The summed E-state index contributed by atoms with van der Waals surface area (Å²) < 4.78 is 30.0. The molecule has 6 nitrogen and oxygen atoms in total. The van der Waals surface area contributed by atoms with Crippen molar-refractivity contribution >= 4 is 50.4 Å². The largest absolute Gasteiger partial charge is 0.497 e. The first kappa shape index (κ1) is 24.8. The molecule has 3 rings (SSSR count). The van der Waals surface area contributed by atoms with Gasteiger partial charge in [-0.2, -0.15) is 0 Å². The van der Waals surface area contributed by atoms with Crippen LogP contribution in [-0.2, 0) is 14.6 Å². The maximum Gasteiger partial charge on any atom is 0.224 e. The number of rotatable bonds is 9. The Morgan fingerprint density at radius 1 is 0.939 bits per heavy atom. The highest BCUT2D eigenvalue weighted by molar-refractivity contribution is 7.91. The van der Waals surface area contributed by atoms with E-state index in [1.807, 2.05) is 0 Å². The zero-order valence-electron chi connectivity index (χ0n) is 17.7. The third-order valence-corrected chi connectivity index (χ3v) is 7.24. The summed E-state index contributed by atoms with van der Waals surface area (Å²) in [6.45, 7) is 0. The highest BCUT2D eigenvalue weighted by Crippen LogP contribution is 2.27. The molecule has 1 amide bonds. The lowest BCUT2D eigenvalue weighted by molar-refractivity contribution is -0.116. The first-order chi connectivity index (χ1) is 15.7. The highest BCUT2D eigenvalue weighted by atomic mass is 35.5. The van der Waals surface area contributed by atoms with Crippen LogP contribution in [0.2, 0.25) is 10.0 Å². The van der Waals surface area contributed by atoms with Crippen LogP contribution in [0.3, 0.4) is 0 Å². The Balaban J connectivity index is 1.67. The predicted octanol–water partition coefficient (Wildman–Crippen LogP) is 5.43. The average Bonchev–Trinajstić information content (AvgIpc) is 2.80. The first-order valence-corrected chi connectivity index (χ1v) is 12.4. The number of hydrogen-bond donors (Lipinski definition) is 1. The van der Waals surface area contributed by atoms with E-state index in [0.717, 1.165) is 0 Å². The van der Waals surface area contributed by atoms with Gasteiger partial charge in [-0.1, -0.05) is 35.3 Å². The van der Waals surface area contributed by atoms with Crippen LogP contribution in [0, 0.1) is 0 Å². The number of halogens is 2. The van der Waals surface area contributed by atoms with Crippen molar-refractivity contribution in [1.82, 2.24) is 0 Å². The average molecular weight is 506 g/mol. The maximum absolute atomic E-state index is 13.0. The zero-order valence-corrected chi connectivity index (χ0v) is 20.0. The molecule has 0 saturated heterocycles. The second kappa shape index (κ2) is 10.8. The third kappa shape index (κ3) is 6.35. The van der Waals surface area contributed by atoms with Crippen molar-refractivity contribution in [2.75, 3.05) is 18.2 Å². The number of anilines is 1. The molecule has 0 fully saturated rings. The molecule has 0 aliphatic heterocycles. The van der Waals surface area contributed by atoms with Crippen molar-refractivity contribution < 1.29 is 22.7 Å². The third-order valence-electron chi connectivity index (χ3n) is 4.85. The predicted molar refractivity (Wildman–Crippen MR) is 129 cm³/mol. The number of amides is 1. The molecule has 0 atom stereocenters. The van der Waals surface area contributed by atoms with Gasteiger partial charge < -0.3 is 10.1 Å². The van der Waals surface area contributed by atoms with Crippen LogP contribution in [0.4, 0.5) is 5.69 Å². The van der Waals surface area contributed by atoms with Gasteiger partial charge in [0.15, 0.2) is 15.6 Å². The fourth-order valence-corrected chi connectivity index (χ4v) is 4.84. The van der Waals surface area contributed by atoms with E-state index in [-0.39, 0.29) is 51.1 Å². The summed E-state index contributed by atoms with van der Waals surface area (Å²) in [6.07, 6.45) is 0.0688. The lowest BCUT2D eigenvalue weighted by Gasteiger charge is -2.12. The fourth-order valence-electron chi connectivity index (χ4n) is 3.14. The molecule has 0 spiro atoms. The Hall–Kier alpha value is -2.87. The minimum absolute atomic E-state index is 0.0439. The lowest BCUT2D eigenvalue weighted by atomic mass is 10.0. The van der Waals surface area contributed by atoms with E-state index in [1.165, 1.54) is 31.4 Å². The van der Waals surface area contributed by atoms with Gasteiger partial charge in [0.1, 0.15) is 5.75 Å². The van der Waals surface area contributed by atoms with E-state index in [2.05, 4.69) is 5.32 Å². The number of nitrogens with one attached hydrogen (secondary N) is 1. The van der Waals surface area contributed by atoms with E-state index in [0.29, 0.717) is 10.8 Å². The van der Waals surface area contributed by atoms with E-state index in [9.17, 15) is 18.0 Å². The molecule has 9 heteroatoms. The van der Waals surface area contributed by atoms with Crippen molar-refractivity contribution in [3.05, 3.63) is 87.9 Å². The maximum atomic E-state index is 13.0. The van der Waals surface area contributed by atoms with E-state index < -0.39 is 15.7 Å². The van der Waals surface area contributed by atoms with E-state index in [1.54, 1.807) is 42.5 Å². The van der Waals surface area contributed by atoms with Gasteiger partial charge in [0, 0.05) is 22.6 Å². The Morgan fingerprint density at radius 3 is 2.30 bits per heavy atom. The van der Waals surface area contributed by atoms with Crippen LogP contribution in [0.15, 0.2) is 71.6 Å². The molecule has 172 valence electrons. The molecular weight excluding hydrogens is 485 g/mol. The number of ketones is 1. The van der Waals surface area contributed by atoms with Gasteiger partial charge in [-0.15, -0.1) is 0 Å². The summed E-state index contributed by atoms with van der Waals surface area (Å²) in [6, 6.07) is 17.2. The number of hydrogen-bond acceptors (Lipinski definition) is 5.